The van der Waals surface area contributed by atoms with Gasteiger partial charge in [-0.05, 0) is 50.5 Å². The van der Waals surface area contributed by atoms with E-state index < -0.39 is 16.0 Å². The molecule has 30 heavy (non-hydrogen) atoms. The maximum Gasteiger partial charge on any atom is 0.358 e. The molecule has 0 bridgehead atoms. The van der Waals surface area contributed by atoms with Crippen LogP contribution in [0.25, 0.3) is 0 Å². The van der Waals surface area contributed by atoms with E-state index in [-0.39, 0.29) is 11.5 Å². The number of rotatable bonds is 5. The molecule has 1 aliphatic rings. The van der Waals surface area contributed by atoms with Gasteiger partial charge in [-0.2, -0.15) is 9.40 Å². The van der Waals surface area contributed by atoms with Crippen LogP contribution in [0.3, 0.4) is 0 Å². The summed E-state index contributed by atoms with van der Waals surface area (Å²) < 4.78 is 34.6. The molecule has 1 aromatic heterocycles. The summed E-state index contributed by atoms with van der Waals surface area (Å²) in [5.74, 6) is -0.429. The lowest BCUT2D eigenvalue weighted by atomic mass is 9.91. The minimum Gasteiger partial charge on any atom is -0.461 e. The third kappa shape index (κ3) is 4.59. The van der Waals surface area contributed by atoms with Gasteiger partial charge in [0.2, 0.25) is 10.0 Å². The Labute approximate surface area is 179 Å². The smallest absolute Gasteiger partial charge is 0.358 e. The van der Waals surface area contributed by atoms with E-state index in [4.69, 9.17) is 4.74 Å². The molecule has 0 amide bonds. The molecule has 0 saturated carbocycles. The quantitative estimate of drug-likeness (QED) is 0.672. The fourth-order valence-electron chi connectivity index (χ4n) is 3.79. The number of benzene rings is 1. The SMILES string of the molecule is CCOC(=O)c1cc(C(C)(C)C)n(C2CCN(S(=O)(=O)c3cccc(C)c3)CC2)n1. The lowest BCUT2D eigenvalue weighted by Crippen LogP contribution is -2.40. The molecule has 0 atom stereocenters. The van der Waals surface area contributed by atoms with E-state index in [1.165, 1.54) is 0 Å². The van der Waals surface area contributed by atoms with Crippen LogP contribution in [0.15, 0.2) is 35.2 Å². The maximum absolute atomic E-state index is 13.0. The van der Waals surface area contributed by atoms with Gasteiger partial charge in [0.25, 0.3) is 0 Å². The lowest BCUT2D eigenvalue weighted by molar-refractivity contribution is 0.0517. The first-order valence-electron chi connectivity index (χ1n) is 10.4. The van der Waals surface area contributed by atoms with E-state index in [9.17, 15) is 13.2 Å². The Morgan fingerprint density at radius 3 is 2.43 bits per heavy atom. The molecule has 2 heterocycles. The van der Waals surface area contributed by atoms with Crippen LogP contribution in [0.4, 0.5) is 0 Å². The first-order chi connectivity index (χ1) is 14.0. The molecule has 2 aromatic rings. The monoisotopic (exact) mass is 433 g/mol. The van der Waals surface area contributed by atoms with Gasteiger partial charge in [0.05, 0.1) is 17.5 Å². The van der Waals surface area contributed by atoms with E-state index >= 15 is 0 Å². The molecule has 0 aliphatic carbocycles. The van der Waals surface area contributed by atoms with Crippen LogP contribution in [-0.4, -0.2) is 48.2 Å². The van der Waals surface area contributed by atoms with Gasteiger partial charge in [-0.1, -0.05) is 32.9 Å². The summed E-state index contributed by atoms with van der Waals surface area (Å²) in [6.45, 7) is 11.0. The molecule has 1 aromatic carbocycles. The predicted molar refractivity (Wildman–Crippen MR) is 115 cm³/mol. The Morgan fingerprint density at radius 2 is 1.87 bits per heavy atom. The Balaban J connectivity index is 1.81. The zero-order valence-corrected chi connectivity index (χ0v) is 19.2. The number of carbonyl (C=O) groups excluding carboxylic acids is 1. The van der Waals surface area contributed by atoms with Crippen LogP contribution >= 0.6 is 0 Å². The third-order valence-corrected chi connectivity index (χ3v) is 7.28. The number of hydrogen-bond donors (Lipinski definition) is 0. The van der Waals surface area contributed by atoms with Crippen LogP contribution < -0.4 is 0 Å². The van der Waals surface area contributed by atoms with Crippen molar-refractivity contribution >= 4 is 16.0 Å². The van der Waals surface area contributed by atoms with Crippen molar-refractivity contribution < 1.29 is 17.9 Å². The second kappa shape index (κ2) is 8.51. The van der Waals surface area contributed by atoms with Crippen LogP contribution in [0.2, 0.25) is 0 Å². The fourth-order valence-corrected chi connectivity index (χ4v) is 5.36. The van der Waals surface area contributed by atoms with E-state index in [0.717, 1.165) is 11.3 Å². The summed E-state index contributed by atoms with van der Waals surface area (Å²) in [7, 11) is -3.51. The second-order valence-electron chi connectivity index (χ2n) is 8.78. The number of aromatic nitrogens is 2. The first-order valence-corrected chi connectivity index (χ1v) is 11.8. The maximum atomic E-state index is 13.0. The molecule has 7 nitrogen and oxygen atoms in total. The Bertz CT molecular complexity index is 1010. The number of esters is 1. The largest absolute Gasteiger partial charge is 0.461 e. The van der Waals surface area contributed by atoms with E-state index in [1.807, 2.05) is 17.7 Å². The summed E-state index contributed by atoms with van der Waals surface area (Å²) in [5, 5.41) is 4.55. The van der Waals surface area contributed by atoms with Crippen LogP contribution in [0.5, 0.6) is 0 Å². The minimum atomic E-state index is -3.51. The molecule has 1 fully saturated rings. The van der Waals surface area contributed by atoms with Crippen molar-refractivity contribution in [1.29, 1.82) is 0 Å². The number of aryl methyl sites for hydroxylation is 1. The van der Waals surface area contributed by atoms with Crippen molar-refractivity contribution in [1.82, 2.24) is 14.1 Å². The number of piperidine rings is 1. The molecule has 1 saturated heterocycles. The molecule has 8 heteroatoms. The molecule has 3 rings (SSSR count). The highest BCUT2D eigenvalue weighted by Gasteiger charge is 2.33. The number of sulfonamides is 1. The number of nitrogens with zero attached hydrogens (tertiary/aromatic N) is 3. The topological polar surface area (TPSA) is 81.5 Å². The highest BCUT2D eigenvalue weighted by molar-refractivity contribution is 7.89. The van der Waals surface area contributed by atoms with Gasteiger partial charge < -0.3 is 4.74 Å². The fraction of sp³-hybridized carbons (Fsp3) is 0.545. The standard InChI is InChI=1S/C22H31N3O4S/c1-6-29-21(26)19-15-20(22(3,4)5)25(23-19)17-10-12-24(13-11-17)30(27,28)18-9-7-8-16(2)14-18/h7-9,14-15,17H,6,10-13H2,1-5H3. The number of carbonyl (C=O) groups is 1. The molecule has 0 unspecified atom stereocenters. The van der Waals surface area contributed by atoms with Crippen molar-refractivity contribution in [2.45, 2.75) is 63.8 Å². The van der Waals surface area contributed by atoms with Crippen molar-refractivity contribution in [3.05, 3.63) is 47.3 Å². The normalized spacial score (nSPS) is 16.6. The van der Waals surface area contributed by atoms with Crippen LogP contribution in [0.1, 0.15) is 68.3 Å². The molecule has 0 N–H and O–H groups in total. The van der Waals surface area contributed by atoms with Gasteiger partial charge >= 0.3 is 5.97 Å². The van der Waals surface area contributed by atoms with E-state index in [1.54, 1.807) is 35.5 Å². The minimum absolute atomic E-state index is 0.0337. The van der Waals surface area contributed by atoms with Gasteiger partial charge in [-0.3, -0.25) is 4.68 Å². The van der Waals surface area contributed by atoms with Crippen LogP contribution in [0, 0.1) is 6.92 Å². The van der Waals surface area contributed by atoms with Gasteiger partial charge in [-0.25, -0.2) is 13.2 Å². The highest BCUT2D eigenvalue weighted by atomic mass is 32.2. The summed E-state index contributed by atoms with van der Waals surface area (Å²) in [6, 6.07) is 8.84. The van der Waals surface area contributed by atoms with Crippen molar-refractivity contribution in [2.24, 2.45) is 0 Å². The predicted octanol–water partition coefficient (Wildman–Crippen LogP) is 3.69. The number of hydrogen-bond acceptors (Lipinski definition) is 5. The summed E-state index contributed by atoms with van der Waals surface area (Å²) in [4.78, 5) is 12.5. The summed E-state index contributed by atoms with van der Waals surface area (Å²) >= 11 is 0. The molecular formula is C22H31N3O4S. The van der Waals surface area contributed by atoms with E-state index in [0.29, 0.717) is 43.1 Å². The zero-order valence-electron chi connectivity index (χ0n) is 18.4. The highest BCUT2D eigenvalue weighted by Crippen LogP contribution is 2.32. The number of ether oxygens (including phenoxy) is 1. The van der Waals surface area contributed by atoms with Crippen molar-refractivity contribution in [3.63, 3.8) is 0 Å². The molecule has 164 valence electrons. The Hall–Kier alpha value is -2.19. The van der Waals surface area contributed by atoms with Gasteiger partial charge in [-0.15, -0.1) is 0 Å². The van der Waals surface area contributed by atoms with Gasteiger partial charge in [0.1, 0.15) is 0 Å². The second-order valence-corrected chi connectivity index (χ2v) is 10.7. The Morgan fingerprint density at radius 1 is 1.20 bits per heavy atom. The molecule has 1 aliphatic heterocycles. The van der Waals surface area contributed by atoms with Gasteiger partial charge in [0, 0.05) is 24.2 Å². The molecular weight excluding hydrogens is 402 g/mol. The van der Waals surface area contributed by atoms with E-state index in [2.05, 4.69) is 25.9 Å². The summed E-state index contributed by atoms with van der Waals surface area (Å²) in [6.07, 6.45) is 1.27. The average Bonchev–Trinajstić information content (AvgIpc) is 3.14. The zero-order chi connectivity index (χ0) is 22.1. The van der Waals surface area contributed by atoms with Crippen LogP contribution in [-0.2, 0) is 20.2 Å². The lowest BCUT2D eigenvalue weighted by Gasteiger charge is -2.33. The molecule has 0 spiro atoms. The van der Waals surface area contributed by atoms with Crippen molar-refractivity contribution in [2.75, 3.05) is 19.7 Å². The summed E-state index contributed by atoms with van der Waals surface area (Å²) in [5.41, 5.74) is 1.97. The van der Waals surface area contributed by atoms with Gasteiger partial charge in [0.15, 0.2) is 5.69 Å². The van der Waals surface area contributed by atoms with Crippen molar-refractivity contribution in [3.8, 4) is 0 Å². The molecule has 0 radical (unpaired) electrons. The third-order valence-electron chi connectivity index (χ3n) is 5.39. The average molecular weight is 434 g/mol. The Kier molecular flexibility index (Phi) is 6.38. The first kappa shape index (κ1) is 22.5.